The molecule has 6 heteroatoms. The summed E-state index contributed by atoms with van der Waals surface area (Å²) >= 11 is 1.48. The zero-order valence-corrected chi connectivity index (χ0v) is 17.5. The number of nitrogen functional groups attached to an aromatic ring is 1. The number of para-hydroxylation sites is 2. The van der Waals surface area contributed by atoms with Crippen LogP contribution in [0.15, 0.2) is 72.8 Å². The molecule has 152 valence electrons. The molecule has 0 fully saturated rings. The largest absolute Gasteiger partial charge is 0.497 e. The molecule has 1 heterocycles. The van der Waals surface area contributed by atoms with E-state index in [0.29, 0.717) is 16.3 Å². The van der Waals surface area contributed by atoms with Crippen LogP contribution in [0.3, 0.4) is 0 Å². The third-order valence-electron chi connectivity index (χ3n) is 4.83. The molecule has 4 aromatic rings. The Morgan fingerprint density at radius 1 is 0.967 bits per heavy atom. The highest BCUT2D eigenvalue weighted by Crippen LogP contribution is 2.28. The quantitative estimate of drug-likeness (QED) is 0.369. The highest BCUT2D eigenvalue weighted by atomic mass is 32.1. The van der Waals surface area contributed by atoms with Crippen LogP contribution < -0.4 is 21.1 Å². The van der Waals surface area contributed by atoms with Gasteiger partial charge in [-0.2, -0.15) is 0 Å². The van der Waals surface area contributed by atoms with Crippen molar-refractivity contribution in [1.29, 1.82) is 0 Å². The van der Waals surface area contributed by atoms with Crippen molar-refractivity contribution in [2.45, 2.75) is 13.1 Å². The number of benzene rings is 3. The number of rotatable bonds is 7. The summed E-state index contributed by atoms with van der Waals surface area (Å²) in [7, 11) is 1.67. The number of methoxy groups -OCH3 is 1. The molecule has 0 aliphatic carbocycles. The standard InChI is InChI=1S/C24H23N3O2S/c1-29-19-10-7-16(8-11-19)14-26-15-17-6-9-18-13-23(30-22(18)12-17)24(28)27-21-5-3-2-4-20(21)25/h2-13,26H,14-15,25H2,1H3,(H,27,28). The van der Waals surface area contributed by atoms with Gasteiger partial charge in [0.05, 0.1) is 23.4 Å². The molecule has 3 aromatic carbocycles. The Balaban J connectivity index is 1.40. The lowest BCUT2D eigenvalue weighted by Crippen LogP contribution is -2.12. The predicted molar refractivity (Wildman–Crippen MR) is 124 cm³/mol. The van der Waals surface area contributed by atoms with Crippen LogP contribution in [0.4, 0.5) is 11.4 Å². The summed E-state index contributed by atoms with van der Waals surface area (Å²) in [5.74, 6) is 0.713. The second-order valence-electron chi connectivity index (χ2n) is 6.98. The van der Waals surface area contributed by atoms with Crippen molar-refractivity contribution >= 4 is 38.7 Å². The van der Waals surface area contributed by atoms with Gasteiger partial charge in [0.2, 0.25) is 0 Å². The maximum atomic E-state index is 12.6. The van der Waals surface area contributed by atoms with Crippen LogP contribution in [0.25, 0.3) is 10.1 Å². The van der Waals surface area contributed by atoms with Crippen LogP contribution in [-0.4, -0.2) is 13.0 Å². The fraction of sp³-hybridized carbons (Fsp3) is 0.125. The number of hydrogen-bond donors (Lipinski definition) is 3. The first kappa shape index (κ1) is 19.9. The summed E-state index contributed by atoms with van der Waals surface area (Å²) in [6, 6.07) is 23.5. The normalized spacial score (nSPS) is 10.8. The monoisotopic (exact) mass is 417 g/mol. The molecule has 4 N–H and O–H groups in total. The Kier molecular flexibility index (Phi) is 5.97. The number of ether oxygens (including phenoxy) is 1. The molecule has 0 aliphatic heterocycles. The first-order valence-electron chi connectivity index (χ1n) is 9.64. The van der Waals surface area contributed by atoms with Crippen LogP contribution in [0.2, 0.25) is 0 Å². The topological polar surface area (TPSA) is 76.4 Å². The van der Waals surface area contributed by atoms with E-state index >= 15 is 0 Å². The Labute approximate surface area is 179 Å². The van der Waals surface area contributed by atoms with Gasteiger partial charge in [-0.3, -0.25) is 4.79 Å². The Hall–Kier alpha value is -3.35. The van der Waals surface area contributed by atoms with Gasteiger partial charge in [0.15, 0.2) is 0 Å². The number of fused-ring (bicyclic) bond motifs is 1. The van der Waals surface area contributed by atoms with Crippen LogP contribution in [0.5, 0.6) is 5.75 Å². The SMILES string of the molecule is COc1ccc(CNCc2ccc3cc(C(=O)Nc4ccccc4N)sc3c2)cc1. The molecule has 0 radical (unpaired) electrons. The molecule has 5 nitrogen and oxygen atoms in total. The van der Waals surface area contributed by atoms with Crippen molar-refractivity contribution in [3.63, 3.8) is 0 Å². The fourth-order valence-electron chi connectivity index (χ4n) is 3.19. The van der Waals surface area contributed by atoms with E-state index in [0.717, 1.165) is 28.9 Å². The number of anilines is 2. The minimum Gasteiger partial charge on any atom is -0.497 e. The highest BCUT2D eigenvalue weighted by Gasteiger charge is 2.12. The first-order valence-corrected chi connectivity index (χ1v) is 10.5. The van der Waals surface area contributed by atoms with Crippen LogP contribution in [-0.2, 0) is 13.1 Å². The van der Waals surface area contributed by atoms with Gasteiger partial charge in [0.25, 0.3) is 5.91 Å². The van der Waals surface area contributed by atoms with Crippen molar-refractivity contribution < 1.29 is 9.53 Å². The van der Waals surface area contributed by atoms with Gasteiger partial charge in [-0.1, -0.05) is 36.4 Å². The Bertz CT molecular complexity index is 1170. The maximum Gasteiger partial charge on any atom is 0.265 e. The van der Waals surface area contributed by atoms with E-state index < -0.39 is 0 Å². The van der Waals surface area contributed by atoms with Crippen molar-refractivity contribution in [2.75, 3.05) is 18.2 Å². The number of thiophene rings is 1. The van der Waals surface area contributed by atoms with Crippen molar-refractivity contribution in [2.24, 2.45) is 0 Å². The summed E-state index contributed by atoms with van der Waals surface area (Å²) in [6.45, 7) is 1.53. The third kappa shape index (κ3) is 4.62. The molecule has 0 spiro atoms. The van der Waals surface area contributed by atoms with E-state index in [1.807, 2.05) is 30.3 Å². The van der Waals surface area contributed by atoms with Gasteiger partial charge >= 0.3 is 0 Å². The molecule has 0 saturated carbocycles. The number of nitrogens with one attached hydrogen (secondary N) is 2. The Morgan fingerprint density at radius 2 is 1.70 bits per heavy atom. The van der Waals surface area contributed by atoms with Crippen LogP contribution >= 0.6 is 11.3 Å². The van der Waals surface area contributed by atoms with Gasteiger partial charge in [-0.15, -0.1) is 11.3 Å². The zero-order valence-electron chi connectivity index (χ0n) is 16.6. The summed E-state index contributed by atoms with van der Waals surface area (Å²) in [5.41, 5.74) is 9.48. The van der Waals surface area contributed by atoms with E-state index in [4.69, 9.17) is 10.5 Å². The lowest BCUT2D eigenvalue weighted by atomic mass is 10.1. The van der Waals surface area contributed by atoms with E-state index in [1.165, 1.54) is 22.5 Å². The van der Waals surface area contributed by atoms with E-state index in [9.17, 15) is 4.79 Å². The van der Waals surface area contributed by atoms with Gasteiger partial charge in [0.1, 0.15) is 5.75 Å². The minimum atomic E-state index is -0.145. The summed E-state index contributed by atoms with van der Waals surface area (Å²) in [6.07, 6.45) is 0. The molecule has 0 unspecified atom stereocenters. The molecule has 1 amide bonds. The maximum absolute atomic E-state index is 12.6. The lowest BCUT2D eigenvalue weighted by molar-refractivity contribution is 0.103. The molecular weight excluding hydrogens is 394 g/mol. The van der Waals surface area contributed by atoms with E-state index in [-0.39, 0.29) is 5.91 Å². The molecule has 1 aromatic heterocycles. The molecule has 0 aliphatic rings. The van der Waals surface area contributed by atoms with Crippen molar-refractivity contribution in [3.05, 3.63) is 88.8 Å². The summed E-state index contributed by atoms with van der Waals surface area (Å²) in [4.78, 5) is 13.3. The molecule has 30 heavy (non-hydrogen) atoms. The van der Waals surface area contributed by atoms with Crippen molar-refractivity contribution in [1.82, 2.24) is 5.32 Å². The molecule has 0 atom stereocenters. The summed E-state index contributed by atoms with van der Waals surface area (Å²) in [5, 5.41) is 7.41. The average molecular weight is 418 g/mol. The van der Waals surface area contributed by atoms with Crippen molar-refractivity contribution in [3.8, 4) is 5.75 Å². The molecule has 0 bridgehead atoms. The second-order valence-corrected chi connectivity index (χ2v) is 8.06. The number of carbonyl (C=O) groups is 1. The zero-order chi connectivity index (χ0) is 20.9. The van der Waals surface area contributed by atoms with Crippen LogP contribution in [0, 0.1) is 0 Å². The average Bonchev–Trinajstić information content (AvgIpc) is 3.19. The third-order valence-corrected chi connectivity index (χ3v) is 5.93. The number of hydrogen-bond acceptors (Lipinski definition) is 5. The Morgan fingerprint density at radius 3 is 2.47 bits per heavy atom. The number of carbonyl (C=O) groups excluding carboxylic acids is 1. The fourth-order valence-corrected chi connectivity index (χ4v) is 4.21. The highest BCUT2D eigenvalue weighted by molar-refractivity contribution is 7.20. The van der Waals surface area contributed by atoms with Gasteiger partial charge < -0.3 is 21.1 Å². The predicted octanol–water partition coefficient (Wildman–Crippen LogP) is 5.03. The number of nitrogens with two attached hydrogens (primary N) is 1. The van der Waals surface area contributed by atoms with Gasteiger partial charge in [-0.25, -0.2) is 0 Å². The molecule has 4 rings (SSSR count). The van der Waals surface area contributed by atoms with E-state index in [2.05, 4.69) is 41.0 Å². The van der Waals surface area contributed by atoms with Gasteiger partial charge in [-0.05, 0) is 52.9 Å². The molecule has 0 saturated heterocycles. The number of amides is 1. The lowest BCUT2D eigenvalue weighted by Gasteiger charge is -2.06. The first-order chi connectivity index (χ1) is 14.6. The summed E-state index contributed by atoms with van der Waals surface area (Å²) < 4.78 is 6.28. The second kappa shape index (κ2) is 8.98. The van der Waals surface area contributed by atoms with E-state index in [1.54, 1.807) is 19.2 Å². The smallest absolute Gasteiger partial charge is 0.265 e. The minimum absolute atomic E-state index is 0.145. The molecular formula is C24H23N3O2S. The van der Waals surface area contributed by atoms with Gasteiger partial charge in [0, 0.05) is 17.8 Å². The van der Waals surface area contributed by atoms with Crippen LogP contribution in [0.1, 0.15) is 20.8 Å².